The van der Waals surface area contributed by atoms with E-state index < -0.39 is 17.6 Å². The molecule has 0 atom stereocenters. The number of para-hydroxylation sites is 2. The van der Waals surface area contributed by atoms with E-state index in [0.717, 1.165) is 12.3 Å². The van der Waals surface area contributed by atoms with Gasteiger partial charge in [-0.15, -0.1) is 0 Å². The van der Waals surface area contributed by atoms with Crippen LogP contribution >= 0.6 is 0 Å². The average molecular weight is 477 g/mol. The van der Waals surface area contributed by atoms with Crippen molar-refractivity contribution in [1.82, 2.24) is 19.3 Å². The molecular weight excluding hydrogens is 459 g/mol. The molecule has 0 bridgehead atoms. The van der Waals surface area contributed by atoms with Gasteiger partial charge < -0.3 is 9.88 Å². The minimum absolute atomic E-state index is 0.105. The molecule has 0 saturated carbocycles. The predicted molar refractivity (Wildman–Crippen MR) is 125 cm³/mol. The zero-order chi connectivity index (χ0) is 24.7. The first-order chi connectivity index (χ1) is 16.7. The molecule has 0 aliphatic rings. The lowest BCUT2D eigenvalue weighted by atomic mass is 10.1. The second-order valence-electron chi connectivity index (χ2n) is 7.98. The second kappa shape index (κ2) is 8.39. The number of fused-ring (bicyclic) bond motifs is 2. The smallest absolute Gasteiger partial charge is 0.331 e. The molecule has 7 nitrogen and oxygen atoms in total. The van der Waals surface area contributed by atoms with E-state index in [4.69, 9.17) is 0 Å². The van der Waals surface area contributed by atoms with Gasteiger partial charge in [0, 0.05) is 23.0 Å². The number of hydrogen-bond acceptors (Lipinski definition) is 4. The first kappa shape index (κ1) is 22.3. The highest BCUT2D eigenvalue weighted by molar-refractivity contribution is 5.97. The first-order valence-electron chi connectivity index (χ1n) is 10.6. The lowest BCUT2D eigenvalue weighted by Crippen LogP contribution is -2.23. The highest BCUT2D eigenvalue weighted by atomic mass is 19.4. The van der Waals surface area contributed by atoms with E-state index in [1.165, 1.54) is 10.7 Å². The summed E-state index contributed by atoms with van der Waals surface area (Å²) in [6, 6.07) is 17.8. The van der Waals surface area contributed by atoms with Crippen LogP contribution in [0.25, 0.3) is 27.6 Å². The number of alkyl halides is 3. The first-order valence-corrected chi connectivity index (χ1v) is 10.6. The van der Waals surface area contributed by atoms with Gasteiger partial charge in [-0.1, -0.05) is 24.3 Å². The maximum absolute atomic E-state index is 13.1. The number of nitrogens with one attached hydrogen (secondary N) is 1. The molecule has 1 amide bonds. The van der Waals surface area contributed by atoms with Gasteiger partial charge in [0.25, 0.3) is 0 Å². The van der Waals surface area contributed by atoms with E-state index >= 15 is 0 Å². The SMILES string of the molecule is Cc1cc(NC(=O)Cn2c3ccccc3c(=O)c3ccccc32)n(-c2ccc(C(F)(F)F)cn2)n1. The van der Waals surface area contributed by atoms with E-state index in [9.17, 15) is 22.8 Å². The van der Waals surface area contributed by atoms with Gasteiger partial charge in [0.05, 0.1) is 22.3 Å². The van der Waals surface area contributed by atoms with Gasteiger partial charge >= 0.3 is 6.18 Å². The van der Waals surface area contributed by atoms with Gasteiger partial charge in [-0.05, 0) is 43.3 Å². The molecule has 0 radical (unpaired) electrons. The maximum atomic E-state index is 13.1. The molecule has 0 spiro atoms. The van der Waals surface area contributed by atoms with Crippen LogP contribution in [0.2, 0.25) is 0 Å². The summed E-state index contributed by atoms with van der Waals surface area (Å²) in [5, 5.41) is 8.01. The quantitative estimate of drug-likeness (QED) is 0.381. The number of rotatable bonds is 4. The van der Waals surface area contributed by atoms with Crippen LogP contribution in [-0.2, 0) is 17.5 Å². The van der Waals surface area contributed by atoms with Gasteiger partial charge in [0.2, 0.25) is 5.91 Å². The van der Waals surface area contributed by atoms with Crippen LogP contribution in [0.4, 0.5) is 19.0 Å². The number of nitrogens with zero attached hydrogens (tertiary/aromatic N) is 4. The van der Waals surface area contributed by atoms with Crippen LogP contribution in [0.3, 0.4) is 0 Å². The molecule has 1 N–H and O–H groups in total. The Labute approximate surface area is 196 Å². The summed E-state index contributed by atoms with van der Waals surface area (Å²) in [7, 11) is 0. The van der Waals surface area contributed by atoms with Crippen molar-refractivity contribution in [3.8, 4) is 5.82 Å². The largest absolute Gasteiger partial charge is 0.417 e. The molecule has 2 aromatic carbocycles. The van der Waals surface area contributed by atoms with Crippen molar-refractivity contribution in [1.29, 1.82) is 0 Å². The van der Waals surface area contributed by atoms with E-state index in [2.05, 4.69) is 15.4 Å². The van der Waals surface area contributed by atoms with Crippen LogP contribution in [0.5, 0.6) is 0 Å². The number of carbonyl (C=O) groups excluding carboxylic acids is 1. The lowest BCUT2D eigenvalue weighted by molar-refractivity contribution is -0.137. The predicted octanol–water partition coefficient (Wildman–Crippen LogP) is 4.70. The number of aryl methyl sites for hydroxylation is 1. The van der Waals surface area contributed by atoms with Gasteiger partial charge in [-0.2, -0.15) is 23.0 Å². The van der Waals surface area contributed by atoms with Gasteiger partial charge in [-0.25, -0.2) is 4.98 Å². The molecule has 3 aromatic heterocycles. The van der Waals surface area contributed by atoms with Gasteiger partial charge in [-0.3, -0.25) is 9.59 Å². The summed E-state index contributed by atoms with van der Waals surface area (Å²) >= 11 is 0. The van der Waals surface area contributed by atoms with Gasteiger partial charge in [0.1, 0.15) is 12.4 Å². The minimum Gasteiger partial charge on any atom is -0.331 e. The highest BCUT2D eigenvalue weighted by Gasteiger charge is 2.30. The van der Waals surface area contributed by atoms with Crippen LogP contribution < -0.4 is 10.7 Å². The fourth-order valence-electron chi connectivity index (χ4n) is 4.02. The van der Waals surface area contributed by atoms with Gasteiger partial charge in [0.15, 0.2) is 11.2 Å². The highest BCUT2D eigenvalue weighted by Crippen LogP contribution is 2.29. The van der Waals surface area contributed by atoms with E-state index in [0.29, 0.717) is 27.5 Å². The summed E-state index contributed by atoms with van der Waals surface area (Å²) in [5.41, 5.74) is 0.768. The summed E-state index contributed by atoms with van der Waals surface area (Å²) in [4.78, 5) is 29.9. The van der Waals surface area contributed by atoms with Crippen LogP contribution in [-0.4, -0.2) is 25.2 Å². The number of aromatic nitrogens is 4. The standard InChI is InChI=1S/C25H18F3N5O2/c1-15-12-22(33(31-15)21-11-10-16(13-29-21)25(26,27)28)30-23(34)14-32-19-8-4-2-6-17(19)24(35)18-7-3-5-9-20(18)32/h2-13H,14H2,1H3,(H,30,34). The Hall–Kier alpha value is -4.47. The Kier molecular flexibility index (Phi) is 5.35. The number of amides is 1. The zero-order valence-electron chi connectivity index (χ0n) is 18.4. The number of benzene rings is 2. The fourth-order valence-corrected chi connectivity index (χ4v) is 4.02. The average Bonchev–Trinajstić information content (AvgIpc) is 3.21. The number of halogens is 3. The minimum atomic E-state index is -4.51. The Bertz CT molecular complexity index is 1580. The zero-order valence-corrected chi connectivity index (χ0v) is 18.4. The normalized spacial score (nSPS) is 11.8. The number of pyridine rings is 2. The van der Waals surface area contributed by atoms with Crippen molar-refractivity contribution in [2.24, 2.45) is 0 Å². The maximum Gasteiger partial charge on any atom is 0.417 e. The fraction of sp³-hybridized carbons (Fsp3) is 0.120. The molecule has 10 heteroatoms. The van der Waals surface area contributed by atoms with Crippen LogP contribution in [0, 0.1) is 6.92 Å². The number of anilines is 1. The molecule has 5 rings (SSSR count). The van der Waals surface area contributed by atoms with E-state index in [1.807, 2.05) is 0 Å². The molecule has 176 valence electrons. The molecule has 3 heterocycles. The van der Waals surface area contributed by atoms with E-state index in [-0.39, 0.29) is 23.6 Å². The molecule has 35 heavy (non-hydrogen) atoms. The number of hydrogen-bond donors (Lipinski definition) is 1. The summed E-state index contributed by atoms with van der Waals surface area (Å²) < 4.78 is 41.7. The van der Waals surface area contributed by atoms with Crippen molar-refractivity contribution >= 4 is 33.5 Å². The second-order valence-corrected chi connectivity index (χ2v) is 7.98. The molecular formula is C25H18F3N5O2. The third kappa shape index (κ3) is 4.14. The Morgan fingerprint density at radius 2 is 1.60 bits per heavy atom. The molecule has 0 unspecified atom stereocenters. The van der Waals surface area contributed by atoms with E-state index in [1.54, 1.807) is 66.1 Å². The Morgan fingerprint density at radius 3 is 2.17 bits per heavy atom. The summed E-state index contributed by atoms with van der Waals surface area (Å²) in [6.45, 7) is 1.59. The molecule has 0 aliphatic carbocycles. The molecule has 0 saturated heterocycles. The van der Waals surface area contributed by atoms with Crippen molar-refractivity contribution in [3.05, 3.63) is 94.4 Å². The van der Waals surface area contributed by atoms with Crippen LogP contribution in [0.1, 0.15) is 11.3 Å². The van der Waals surface area contributed by atoms with Crippen molar-refractivity contribution in [2.45, 2.75) is 19.6 Å². The molecule has 0 fully saturated rings. The Balaban J connectivity index is 1.50. The monoisotopic (exact) mass is 477 g/mol. The Morgan fingerprint density at radius 1 is 0.971 bits per heavy atom. The van der Waals surface area contributed by atoms with Crippen LogP contribution in [0.15, 0.2) is 77.7 Å². The number of carbonyl (C=O) groups is 1. The van der Waals surface area contributed by atoms with Crippen molar-refractivity contribution < 1.29 is 18.0 Å². The summed E-state index contributed by atoms with van der Waals surface area (Å²) in [5.74, 6) is -0.0212. The topological polar surface area (TPSA) is 81.8 Å². The lowest BCUT2D eigenvalue weighted by Gasteiger charge is -2.15. The van der Waals surface area contributed by atoms with Crippen molar-refractivity contribution in [2.75, 3.05) is 5.32 Å². The molecule has 5 aromatic rings. The van der Waals surface area contributed by atoms with Crippen molar-refractivity contribution in [3.63, 3.8) is 0 Å². The summed E-state index contributed by atoms with van der Waals surface area (Å²) in [6.07, 6.45) is -3.79. The third-order valence-electron chi connectivity index (χ3n) is 5.57. The molecule has 0 aliphatic heterocycles. The third-order valence-corrected chi connectivity index (χ3v) is 5.57.